The highest BCUT2D eigenvalue weighted by atomic mass is 16.3. The van der Waals surface area contributed by atoms with E-state index in [9.17, 15) is 0 Å². The van der Waals surface area contributed by atoms with Gasteiger partial charge in [0.2, 0.25) is 5.69 Å². The molecule has 0 amide bonds. The van der Waals surface area contributed by atoms with Crippen LogP contribution >= 0.6 is 0 Å². The van der Waals surface area contributed by atoms with Crippen molar-refractivity contribution < 1.29 is 8.98 Å². The summed E-state index contributed by atoms with van der Waals surface area (Å²) >= 11 is 0. The molecule has 0 saturated heterocycles. The summed E-state index contributed by atoms with van der Waals surface area (Å²) in [7, 11) is 0. The monoisotopic (exact) mass is 140 g/mol. The Morgan fingerprint density at radius 1 is 1.60 bits per heavy atom. The summed E-state index contributed by atoms with van der Waals surface area (Å²) in [6, 6.07) is 0. The van der Waals surface area contributed by atoms with E-state index in [-0.39, 0.29) is 0 Å². The van der Waals surface area contributed by atoms with Gasteiger partial charge in [-0.2, -0.15) is 4.57 Å². The van der Waals surface area contributed by atoms with Crippen molar-refractivity contribution in [2.45, 2.75) is 27.3 Å². The number of aromatic nitrogens is 1. The van der Waals surface area contributed by atoms with Crippen molar-refractivity contribution in [1.82, 2.24) is 0 Å². The Morgan fingerprint density at radius 3 is 2.70 bits per heavy atom. The van der Waals surface area contributed by atoms with Gasteiger partial charge in [-0.3, -0.25) is 0 Å². The summed E-state index contributed by atoms with van der Waals surface area (Å²) < 4.78 is 7.12. The fourth-order valence-corrected chi connectivity index (χ4v) is 0.934. The number of oxazole rings is 1. The quantitative estimate of drug-likeness (QED) is 0.569. The Hall–Kier alpha value is -0.790. The zero-order chi connectivity index (χ0) is 7.56. The molecule has 0 aliphatic rings. The number of hydrogen-bond donors (Lipinski definition) is 0. The Morgan fingerprint density at radius 2 is 2.30 bits per heavy atom. The van der Waals surface area contributed by atoms with Crippen LogP contribution in [0.2, 0.25) is 0 Å². The average molecular weight is 140 g/mol. The van der Waals surface area contributed by atoms with Crippen LogP contribution in [-0.2, 0) is 6.54 Å². The van der Waals surface area contributed by atoms with Crippen LogP contribution in [0.5, 0.6) is 0 Å². The molecule has 0 atom stereocenters. The Balaban J connectivity index is 2.65. The zero-order valence-electron chi connectivity index (χ0n) is 6.79. The summed E-state index contributed by atoms with van der Waals surface area (Å²) in [5.74, 6) is 0.682. The Bertz CT molecular complexity index is 203. The maximum atomic E-state index is 5.01. The van der Waals surface area contributed by atoms with Crippen molar-refractivity contribution in [2.24, 2.45) is 5.92 Å². The van der Waals surface area contributed by atoms with Gasteiger partial charge in [0.1, 0.15) is 0 Å². The maximum Gasteiger partial charge on any atom is 0.334 e. The molecule has 10 heavy (non-hydrogen) atoms. The number of aryl methyl sites for hydroxylation is 1. The summed E-state index contributed by atoms with van der Waals surface area (Å²) in [4.78, 5) is 0. The van der Waals surface area contributed by atoms with E-state index in [1.54, 1.807) is 12.7 Å². The van der Waals surface area contributed by atoms with Crippen LogP contribution in [0.15, 0.2) is 17.1 Å². The molecule has 0 unspecified atom stereocenters. The Kier molecular flexibility index (Phi) is 2.10. The first-order chi connectivity index (χ1) is 4.70. The van der Waals surface area contributed by atoms with Gasteiger partial charge in [0.15, 0.2) is 12.8 Å². The molecule has 0 radical (unpaired) electrons. The predicted octanol–water partition coefficient (Wildman–Crippen LogP) is 1.53. The van der Waals surface area contributed by atoms with Crippen molar-refractivity contribution in [2.75, 3.05) is 0 Å². The second-order valence-corrected chi connectivity index (χ2v) is 3.05. The number of nitrogens with zero attached hydrogens (tertiary/aromatic N) is 1. The van der Waals surface area contributed by atoms with E-state index in [0.717, 1.165) is 6.54 Å². The minimum absolute atomic E-state index is 0.682. The third kappa shape index (κ3) is 1.59. The summed E-state index contributed by atoms with van der Waals surface area (Å²) in [5, 5.41) is 0. The molecule has 0 bridgehead atoms. The van der Waals surface area contributed by atoms with Crippen LogP contribution < -0.4 is 4.57 Å². The summed E-state index contributed by atoms with van der Waals surface area (Å²) in [5.41, 5.74) is 1.19. The summed E-state index contributed by atoms with van der Waals surface area (Å²) in [6.45, 7) is 7.48. The van der Waals surface area contributed by atoms with Gasteiger partial charge < -0.3 is 4.42 Å². The normalized spacial score (nSPS) is 10.8. The van der Waals surface area contributed by atoms with Crippen LogP contribution in [0.1, 0.15) is 19.5 Å². The average Bonchev–Trinajstić information content (AvgIpc) is 2.15. The van der Waals surface area contributed by atoms with Gasteiger partial charge in [-0.25, -0.2) is 0 Å². The van der Waals surface area contributed by atoms with Crippen LogP contribution in [-0.4, -0.2) is 0 Å². The van der Waals surface area contributed by atoms with Crippen LogP contribution in [0.4, 0.5) is 0 Å². The lowest BCUT2D eigenvalue weighted by Gasteiger charge is -1.95. The van der Waals surface area contributed by atoms with Crippen molar-refractivity contribution in [1.29, 1.82) is 0 Å². The standard InChI is InChI=1S/C8H14NO/c1-7(2)4-9-6-10-5-8(9)3/h5-7H,4H2,1-3H3/q+1. The third-order valence-corrected chi connectivity index (χ3v) is 1.44. The van der Waals surface area contributed by atoms with E-state index in [1.807, 2.05) is 6.92 Å². The summed E-state index contributed by atoms with van der Waals surface area (Å²) in [6.07, 6.45) is 3.53. The molecule has 0 aliphatic carbocycles. The molecule has 0 aromatic carbocycles. The topological polar surface area (TPSA) is 17.0 Å². The molecular weight excluding hydrogens is 126 g/mol. The molecule has 0 spiro atoms. The fourth-order valence-electron chi connectivity index (χ4n) is 0.934. The molecule has 56 valence electrons. The number of hydrogen-bond acceptors (Lipinski definition) is 1. The smallest absolute Gasteiger partial charge is 0.334 e. The van der Waals surface area contributed by atoms with Gasteiger partial charge >= 0.3 is 6.39 Å². The largest absolute Gasteiger partial charge is 0.412 e. The van der Waals surface area contributed by atoms with E-state index in [4.69, 9.17) is 4.42 Å². The zero-order valence-corrected chi connectivity index (χ0v) is 6.79. The third-order valence-electron chi connectivity index (χ3n) is 1.44. The first-order valence-electron chi connectivity index (χ1n) is 3.62. The molecule has 0 fully saturated rings. The van der Waals surface area contributed by atoms with E-state index < -0.39 is 0 Å². The van der Waals surface area contributed by atoms with Gasteiger partial charge in [-0.05, 0) is 0 Å². The van der Waals surface area contributed by atoms with Crippen LogP contribution in [0, 0.1) is 12.8 Å². The first-order valence-corrected chi connectivity index (χ1v) is 3.62. The van der Waals surface area contributed by atoms with Crippen molar-refractivity contribution in [3.8, 4) is 0 Å². The van der Waals surface area contributed by atoms with Gasteiger partial charge in [0.25, 0.3) is 0 Å². The second kappa shape index (κ2) is 2.86. The predicted molar refractivity (Wildman–Crippen MR) is 38.5 cm³/mol. The van der Waals surface area contributed by atoms with Crippen LogP contribution in [0.3, 0.4) is 0 Å². The lowest BCUT2D eigenvalue weighted by Crippen LogP contribution is -2.36. The molecule has 0 aliphatic heterocycles. The van der Waals surface area contributed by atoms with E-state index >= 15 is 0 Å². The number of rotatable bonds is 2. The van der Waals surface area contributed by atoms with Crippen molar-refractivity contribution in [3.05, 3.63) is 18.4 Å². The molecule has 2 heteroatoms. The Labute approximate surface area is 61.5 Å². The van der Waals surface area contributed by atoms with Gasteiger partial charge in [-0.15, -0.1) is 0 Å². The van der Waals surface area contributed by atoms with Crippen molar-refractivity contribution in [3.63, 3.8) is 0 Å². The van der Waals surface area contributed by atoms with Gasteiger partial charge in [0, 0.05) is 12.8 Å². The molecule has 0 saturated carbocycles. The highest BCUT2D eigenvalue weighted by molar-refractivity contribution is 4.74. The minimum atomic E-state index is 0.682. The van der Waals surface area contributed by atoms with E-state index in [1.165, 1.54) is 5.69 Å². The minimum Gasteiger partial charge on any atom is -0.412 e. The highest BCUT2D eigenvalue weighted by Gasteiger charge is 2.09. The lowest BCUT2D eigenvalue weighted by atomic mass is 10.2. The fraction of sp³-hybridized carbons (Fsp3) is 0.625. The first kappa shape index (κ1) is 7.32. The van der Waals surface area contributed by atoms with Crippen LogP contribution in [0.25, 0.3) is 0 Å². The molecule has 2 nitrogen and oxygen atoms in total. The SMILES string of the molecule is Cc1coc[n+]1CC(C)C. The molecule has 1 aromatic heterocycles. The molecular formula is C8H14NO+. The molecule has 1 rings (SSSR count). The van der Waals surface area contributed by atoms with E-state index in [0.29, 0.717) is 5.92 Å². The van der Waals surface area contributed by atoms with Gasteiger partial charge in [-0.1, -0.05) is 13.8 Å². The highest BCUT2D eigenvalue weighted by Crippen LogP contribution is 1.94. The molecule has 0 N–H and O–H groups in total. The van der Waals surface area contributed by atoms with Crippen molar-refractivity contribution >= 4 is 0 Å². The lowest BCUT2D eigenvalue weighted by molar-refractivity contribution is -0.710. The molecule has 1 heterocycles. The van der Waals surface area contributed by atoms with Gasteiger partial charge in [0.05, 0.1) is 0 Å². The second-order valence-electron chi connectivity index (χ2n) is 3.05. The maximum absolute atomic E-state index is 5.01. The van der Waals surface area contributed by atoms with E-state index in [2.05, 4.69) is 18.4 Å². The molecule has 1 aromatic rings.